The lowest BCUT2D eigenvalue weighted by Crippen LogP contribution is -2.38. The average Bonchev–Trinajstić information content (AvgIpc) is 2.14. The van der Waals surface area contributed by atoms with Gasteiger partial charge in [-0.3, -0.25) is 0 Å². The van der Waals surface area contributed by atoms with Crippen molar-refractivity contribution in [1.29, 1.82) is 0 Å². The number of hydrogen-bond acceptors (Lipinski definition) is 1. The van der Waals surface area contributed by atoms with E-state index >= 15 is 0 Å². The number of benzene rings is 1. The van der Waals surface area contributed by atoms with Gasteiger partial charge in [-0.05, 0) is 38.3 Å². The molecule has 0 fully saturated rings. The lowest BCUT2D eigenvalue weighted by atomic mass is 9.99. The summed E-state index contributed by atoms with van der Waals surface area (Å²) < 4.78 is 0. The fraction of sp³-hybridized carbons (Fsp3) is 0.538. The Morgan fingerprint density at radius 1 is 1.27 bits per heavy atom. The molecule has 1 rings (SSSR count). The summed E-state index contributed by atoms with van der Waals surface area (Å²) in [6.45, 7) is 9.66. The van der Waals surface area contributed by atoms with E-state index < -0.39 is 0 Å². The Labute approximate surface area is 97.8 Å². The summed E-state index contributed by atoms with van der Waals surface area (Å²) in [6.07, 6.45) is 0. The minimum Gasteiger partial charge on any atom is -0.311 e. The van der Waals surface area contributed by atoms with Gasteiger partial charge in [-0.25, -0.2) is 0 Å². The smallest absolute Gasteiger partial charge is 0.0441 e. The first-order valence-corrected chi connectivity index (χ1v) is 5.77. The Hall–Kier alpha value is -0.530. The van der Waals surface area contributed by atoms with Crippen molar-refractivity contribution in [2.45, 2.75) is 39.2 Å². The van der Waals surface area contributed by atoms with Crippen LogP contribution in [-0.4, -0.2) is 12.1 Å². The molecular weight excluding hydrogens is 206 g/mol. The molecule has 0 saturated carbocycles. The largest absolute Gasteiger partial charge is 0.311 e. The van der Waals surface area contributed by atoms with Gasteiger partial charge >= 0.3 is 0 Å². The SMILES string of the molecule is CC(CNC(C)(C)C)c1ccccc1Cl. The van der Waals surface area contributed by atoms with Gasteiger partial charge in [-0.2, -0.15) is 0 Å². The van der Waals surface area contributed by atoms with E-state index in [-0.39, 0.29) is 5.54 Å². The van der Waals surface area contributed by atoms with Crippen molar-refractivity contribution in [2.24, 2.45) is 0 Å². The summed E-state index contributed by atoms with van der Waals surface area (Å²) in [4.78, 5) is 0. The minimum absolute atomic E-state index is 0.162. The first-order valence-electron chi connectivity index (χ1n) is 5.39. The van der Waals surface area contributed by atoms with Crippen LogP contribution in [0, 0.1) is 0 Å². The fourth-order valence-electron chi connectivity index (χ4n) is 1.44. The van der Waals surface area contributed by atoms with E-state index in [2.05, 4.69) is 39.1 Å². The van der Waals surface area contributed by atoms with Gasteiger partial charge in [0.05, 0.1) is 0 Å². The molecule has 1 aromatic rings. The topological polar surface area (TPSA) is 12.0 Å². The molecule has 0 aliphatic heterocycles. The summed E-state index contributed by atoms with van der Waals surface area (Å²) >= 11 is 6.14. The molecule has 1 N–H and O–H groups in total. The normalized spacial score (nSPS) is 13.9. The van der Waals surface area contributed by atoms with Crippen LogP contribution in [0.25, 0.3) is 0 Å². The van der Waals surface area contributed by atoms with Crippen LogP contribution in [0.15, 0.2) is 24.3 Å². The third kappa shape index (κ3) is 4.23. The molecule has 84 valence electrons. The van der Waals surface area contributed by atoms with Gasteiger partial charge in [0, 0.05) is 17.1 Å². The van der Waals surface area contributed by atoms with E-state index in [1.165, 1.54) is 5.56 Å². The second-order valence-corrected chi connectivity index (χ2v) is 5.46. The van der Waals surface area contributed by atoms with E-state index in [0.717, 1.165) is 11.6 Å². The van der Waals surface area contributed by atoms with Gasteiger partial charge in [0.25, 0.3) is 0 Å². The van der Waals surface area contributed by atoms with Crippen LogP contribution in [0.2, 0.25) is 5.02 Å². The van der Waals surface area contributed by atoms with Crippen LogP contribution in [0.5, 0.6) is 0 Å². The quantitative estimate of drug-likeness (QED) is 0.825. The molecule has 1 nitrogen and oxygen atoms in total. The zero-order valence-corrected chi connectivity index (χ0v) is 10.7. The number of nitrogens with one attached hydrogen (secondary N) is 1. The van der Waals surface area contributed by atoms with E-state index in [0.29, 0.717) is 5.92 Å². The van der Waals surface area contributed by atoms with Crippen molar-refractivity contribution in [1.82, 2.24) is 5.32 Å². The number of halogens is 1. The van der Waals surface area contributed by atoms with Crippen LogP contribution in [0.4, 0.5) is 0 Å². The maximum atomic E-state index is 6.14. The van der Waals surface area contributed by atoms with Crippen LogP contribution in [-0.2, 0) is 0 Å². The molecule has 15 heavy (non-hydrogen) atoms. The average molecular weight is 226 g/mol. The predicted molar refractivity (Wildman–Crippen MR) is 67.6 cm³/mol. The molecule has 0 saturated heterocycles. The van der Waals surface area contributed by atoms with E-state index in [9.17, 15) is 0 Å². The lowest BCUT2D eigenvalue weighted by molar-refractivity contribution is 0.412. The van der Waals surface area contributed by atoms with Crippen LogP contribution in [0.1, 0.15) is 39.2 Å². The molecular formula is C13H20ClN. The predicted octanol–water partition coefficient (Wildman–Crippen LogP) is 3.83. The minimum atomic E-state index is 0.162. The number of hydrogen-bond donors (Lipinski definition) is 1. The Kier molecular flexibility index (Phi) is 4.18. The maximum absolute atomic E-state index is 6.14. The van der Waals surface area contributed by atoms with Gasteiger partial charge in [-0.15, -0.1) is 0 Å². The summed E-state index contributed by atoms with van der Waals surface area (Å²) in [5.74, 6) is 0.443. The second-order valence-electron chi connectivity index (χ2n) is 5.05. The van der Waals surface area contributed by atoms with Gasteiger partial charge in [0.2, 0.25) is 0 Å². The van der Waals surface area contributed by atoms with Crippen molar-refractivity contribution >= 4 is 11.6 Å². The van der Waals surface area contributed by atoms with Crippen molar-refractivity contribution in [2.75, 3.05) is 6.54 Å². The molecule has 0 aliphatic rings. The van der Waals surface area contributed by atoms with Crippen molar-refractivity contribution in [3.63, 3.8) is 0 Å². The summed E-state index contributed by atoms with van der Waals surface area (Å²) in [6, 6.07) is 8.05. The lowest BCUT2D eigenvalue weighted by Gasteiger charge is -2.24. The molecule has 0 aliphatic carbocycles. The fourth-order valence-corrected chi connectivity index (χ4v) is 1.77. The highest BCUT2D eigenvalue weighted by molar-refractivity contribution is 6.31. The third-order valence-electron chi connectivity index (χ3n) is 2.37. The van der Waals surface area contributed by atoms with E-state index in [1.54, 1.807) is 0 Å². The van der Waals surface area contributed by atoms with E-state index in [4.69, 9.17) is 11.6 Å². The molecule has 1 atom stereocenters. The first kappa shape index (κ1) is 12.5. The zero-order valence-electron chi connectivity index (χ0n) is 9.97. The second kappa shape index (κ2) is 5.00. The molecule has 0 amide bonds. The van der Waals surface area contributed by atoms with Crippen LogP contribution >= 0.6 is 11.6 Å². The third-order valence-corrected chi connectivity index (χ3v) is 2.72. The zero-order chi connectivity index (χ0) is 11.5. The molecule has 0 aromatic heterocycles. The first-order chi connectivity index (χ1) is 6.90. The Balaban J connectivity index is 2.62. The van der Waals surface area contributed by atoms with Crippen molar-refractivity contribution in [3.8, 4) is 0 Å². The monoisotopic (exact) mass is 225 g/mol. The summed E-state index contributed by atoms with van der Waals surface area (Å²) in [5.41, 5.74) is 1.38. The van der Waals surface area contributed by atoms with Gasteiger partial charge < -0.3 is 5.32 Å². The maximum Gasteiger partial charge on any atom is 0.0441 e. The highest BCUT2D eigenvalue weighted by Crippen LogP contribution is 2.23. The molecule has 0 bridgehead atoms. The van der Waals surface area contributed by atoms with E-state index in [1.807, 2.05) is 18.2 Å². The Morgan fingerprint density at radius 2 is 1.87 bits per heavy atom. The number of rotatable bonds is 3. The molecule has 1 aromatic carbocycles. The summed E-state index contributed by atoms with van der Waals surface area (Å²) in [7, 11) is 0. The Morgan fingerprint density at radius 3 is 2.40 bits per heavy atom. The molecule has 2 heteroatoms. The van der Waals surface area contributed by atoms with Gasteiger partial charge in [0.1, 0.15) is 0 Å². The molecule has 0 spiro atoms. The van der Waals surface area contributed by atoms with Gasteiger partial charge in [0.15, 0.2) is 0 Å². The molecule has 0 heterocycles. The van der Waals surface area contributed by atoms with Crippen LogP contribution in [0.3, 0.4) is 0 Å². The highest BCUT2D eigenvalue weighted by atomic mass is 35.5. The molecule has 1 unspecified atom stereocenters. The van der Waals surface area contributed by atoms with Crippen molar-refractivity contribution in [3.05, 3.63) is 34.9 Å². The van der Waals surface area contributed by atoms with Crippen LogP contribution < -0.4 is 5.32 Å². The highest BCUT2D eigenvalue weighted by Gasteiger charge is 2.13. The van der Waals surface area contributed by atoms with Crippen molar-refractivity contribution < 1.29 is 0 Å². The summed E-state index contributed by atoms with van der Waals surface area (Å²) in [5, 5.41) is 4.35. The molecule has 0 radical (unpaired) electrons. The van der Waals surface area contributed by atoms with Gasteiger partial charge in [-0.1, -0.05) is 36.7 Å². The standard InChI is InChI=1S/C13H20ClN/c1-10(9-15-13(2,3)4)11-7-5-6-8-12(11)14/h5-8,10,15H,9H2,1-4H3. The Bertz CT molecular complexity index is 315.